The van der Waals surface area contributed by atoms with E-state index in [-0.39, 0.29) is 0 Å². The van der Waals surface area contributed by atoms with Gasteiger partial charge in [-0.3, -0.25) is 4.90 Å². The van der Waals surface area contributed by atoms with Crippen LogP contribution >= 0.6 is 0 Å². The number of hydrogen-bond donors (Lipinski definition) is 1. The zero-order valence-corrected chi connectivity index (χ0v) is 12.4. The maximum atomic E-state index is 3.89. The third-order valence-electron chi connectivity index (χ3n) is 5.72. The van der Waals surface area contributed by atoms with E-state index in [2.05, 4.69) is 40.5 Å². The molecule has 3 aliphatic rings. The number of rotatable bonds is 3. The summed E-state index contributed by atoms with van der Waals surface area (Å²) in [6.45, 7) is 3.63. The second-order valence-corrected chi connectivity index (χ2v) is 7.12. The molecule has 1 atom stereocenters. The smallest absolute Gasteiger partial charge is 0.0338 e. The summed E-state index contributed by atoms with van der Waals surface area (Å²) < 4.78 is 0. The van der Waals surface area contributed by atoms with Gasteiger partial charge in [-0.15, -0.1) is 0 Å². The Labute approximate surface area is 122 Å². The summed E-state index contributed by atoms with van der Waals surface area (Å²) in [6, 6.07) is 11.8. The second kappa shape index (κ2) is 5.16. The molecule has 20 heavy (non-hydrogen) atoms. The van der Waals surface area contributed by atoms with Crippen LogP contribution in [0.2, 0.25) is 0 Å². The Kier molecular flexibility index (Phi) is 3.31. The molecular formula is C18H26N2. The van der Waals surface area contributed by atoms with E-state index >= 15 is 0 Å². The van der Waals surface area contributed by atoms with Crippen molar-refractivity contribution in [1.82, 2.24) is 10.2 Å². The average molecular weight is 270 g/mol. The monoisotopic (exact) mass is 270 g/mol. The highest BCUT2D eigenvalue weighted by molar-refractivity contribution is 5.16. The first-order valence-corrected chi connectivity index (χ1v) is 8.38. The van der Waals surface area contributed by atoms with Crippen molar-refractivity contribution in [2.24, 2.45) is 5.92 Å². The number of nitrogens with zero attached hydrogens (tertiary/aromatic N) is 1. The minimum Gasteiger partial charge on any atom is -0.311 e. The van der Waals surface area contributed by atoms with Crippen molar-refractivity contribution >= 4 is 0 Å². The summed E-state index contributed by atoms with van der Waals surface area (Å²) in [7, 11) is 0. The molecule has 4 rings (SSSR count). The van der Waals surface area contributed by atoms with Crippen LogP contribution in [0.5, 0.6) is 0 Å². The van der Waals surface area contributed by atoms with E-state index in [0.717, 1.165) is 18.5 Å². The fourth-order valence-electron chi connectivity index (χ4n) is 4.31. The molecule has 2 nitrogen and oxygen atoms in total. The van der Waals surface area contributed by atoms with Gasteiger partial charge in [-0.05, 0) is 37.2 Å². The van der Waals surface area contributed by atoms with Gasteiger partial charge in [0.1, 0.15) is 0 Å². The average Bonchev–Trinajstić information content (AvgIpc) is 3.23. The zero-order chi connectivity index (χ0) is 13.4. The molecule has 0 bridgehead atoms. The molecule has 1 aliphatic heterocycles. The number of benzene rings is 1. The molecule has 1 aromatic carbocycles. The quantitative estimate of drug-likeness (QED) is 0.907. The SMILES string of the molecule is c1ccc(CN2CC(C3CC3)NCC23CCCC3)cc1. The van der Waals surface area contributed by atoms with Gasteiger partial charge in [-0.1, -0.05) is 43.2 Å². The Hall–Kier alpha value is -0.860. The first-order chi connectivity index (χ1) is 9.86. The summed E-state index contributed by atoms with van der Waals surface area (Å²) in [5, 5.41) is 3.89. The molecule has 1 N–H and O–H groups in total. The predicted octanol–water partition coefficient (Wildman–Crippen LogP) is 3.18. The van der Waals surface area contributed by atoms with Crippen molar-refractivity contribution < 1.29 is 0 Å². The molecule has 0 radical (unpaired) electrons. The normalized spacial score (nSPS) is 29.9. The molecule has 1 spiro atoms. The van der Waals surface area contributed by atoms with Crippen LogP contribution in [0, 0.1) is 5.92 Å². The molecule has 3 fully saturated rings. The maximum Gasteiger partial charge on any atom is 0.0338 e. The summed E-state index contributed by atoms with van der Waals surface area (Å²) in [5.74, 6) is 0.965. The number of nitrogens with one attached hydrogen (secondary N) is 1. The summed E-state index contributed by atoms with van der Waals surface area (Å²) in [6.07, 6.45) is 8.52. The molecule has 108 valence electrons. The van der Waals surface area contributed by atoms with E-state index < -0.39 is 0 Å². The van der Waals surface area contributed by atoms with Gasteiger partial charge in [-0.2, -0.15) is 0 Å². The lowest BCUT2D eigenvalue weighted by molar-refractivity contribution is 0.0311. The van der Waals surface area contributed by atoms with Crippen molar-refractivity contribution in [2.75, 3.05) is 13.1 Å². The fraction of sp³-hybridized carbons (Fsp3) is 0.667. The van der Waals surface area contributed by atoms with Gasteiger partial charge in [0.05, 0.1) is 0 Å². The van der Waals surface area contributed by atoms with E-state index in [9.17, 15) is 0 Å². The lowest BCUT2D eigenvalue weighted by Crippen LogP contribution is -2.63. The van der Waals surface area contributed by atoms with E-state index in [1.807, 2.05) is 0 Å². The molecule has 0 amide bonds. The Balaban J connectivity index is 1.53. The topological polar surface area (TPSA) is 15.3 Å². The van der Waals surface area contributed by atoms with E-state index in [1.165, 1.54) is 57.2 Å². The minimum absolute atomic E-state index is 0.460. The van der Waals surface area contributed by atoms with Crippen LogP contribution in [-0.4, -0.2) is 29.6 Å². The van der Waals surface area contributed by atoms with E-state index in [0.29, 0.717) is 5.54 Å². The lowest BCUT2D eigenvalue weighted by Gasteiger charge is -2.48. The largest absolute Gasteiger partial charge is 0.311 e. The highest BCUT2D eigenvalue weighted by Crippen LogP contribution is 2.41. The predicted molar refractivity (Wildman–Crippen MR) is 82.6 cm³/mol. The van der Waals surface area contributed by atoms with Crippen LogP contribution in [0.3, 0.4) is 0 Å². The molecule has 2 saturated carbocycles. The summed E-state index contributed by atoms with van der Waals surface area (Å²) in [4.78, 5) is 2.83. The number of hydrogen-bond acceptors (Lipinski definition) is 2. The van der Waals surface area contributed by atoms with Crippen LogP contribution in [0.15, 0.2) is 30.3 Å². The molecule has 2 heteroatoms. The lowest BCUT2D eigenvalue weighted by atomic mass is 9.89. The molecule has 1 heterocycles. The van der Waals surface area contributed by atoms with Crippen molar-refractivity contribution in [2.45, 2.75) is 56.7 Å². The Morgan fingerprint density at radius 3 is 2.55 bits per heavy atom. The zero-order valence-electron chi connectivity index (χ0n) is 12.4. The standard InChI is InChI=1S/C18H26N2/c1-2-6-15(7-3-1)12-20-13-17(16-8-9-16)19-14-18(20)10-4-5-11-18/h1-3,6-7,16-17,19H,4-5,8-14H2. The Bertz CT molecular complexity index is 446. The highest BCUT2D eigenvalue weighted by Gasteiger charge is 2.46. The van der Waals surface area contributed by atoms with Gasteiger partial charge < -0.3 is 5.32 Å². The van der Waals surface area contributed by atoms with Crippen molar-refractivity contribution in [3.05, 3.63) is 35.9 Å². The van der Waals surface area contributed by atoms with Gasteiger partial charge in [-0.25, -0.2) is 0 Å². The number of piperazine rings is 1. The first kappa shape index (κ1) is 12.8. The molecule has 2 aliphatic carbocycles. The van der Waals surface area contributed by atoms with Gasteiger partial charge in [0.15, 0.2) is 0 Å². The van der Waals surface area contributed by atoms with Crippen molar-refractivity contribution in [3.63, 3.8) is 0 Å². The maximum absolute atomic E-state index is 3.89. The van der Waals surface area contributed by atoms with Gasteiger partial charge in [0.2, 0.25) is 0 Å². The third-order valence-corrected chi connectivity index (χ3v) is 5.72. The fourth-order valence-corrected chi connectivity index (χ4v) is 4.31. The molecule has 1 unspecified atom stereocenters. The van der Waals surface area contributed by atoms with Crippen LogP contribution in [0.1, 0.15) is 44.1 Å². The van der Waals surface area contributed by atoms with E-state index in [4.69, 9.17) is 0 Å². The first-order valence-electron chi connectivity index (χ1n) is 8.38. The summed E-state index contributed by atoms with van der Waals surface area (Å²) >= 11 is 0. The van der Waals surface area contributed by atoms with Crippen LogP contribution in [0.25, 0.3) is 0 Å². The summed E-state index contributed by atoms with van der Waals surface area (Å²) in [5.41, 5.74) is 1.94. The Morgan fingerprint density at radius 1 is 1.10 bits per heavy atom. The van der Waals surface area contributed by atoms with E-state index in [1.54, 1.807) is 0 Å². The van der Waals surface area contributed by atoms with Gasteiger partial charge >= 0.3 is 0 Å². The molecule has 1 saturated heterocycles. The van der Waals surface area contributed by atoms with Gasteiger partial charge in [0, 0.05) is 31.2 Å². The van der Waals surface area contributed by atoms with Crippen LogP contribution in [-0.2, 0) is 6.54 Å². The third kappa shape index (κ3) is 2.40. The van der Waals surface area contributed by atoms with Crippen LogP contribution in [0.4, 0.5) is 0 Å². The van der Waals surface area contributed by atoms with Crippen molar-refractivity contribution in [1.29, 1.82) is 0 Å². The molecule has 1 aromatic rings. The highest BCUT2D eigenvalue weighted by atomic mass is 15.3. The van der Waals surface area contributed by atoms with Crippen LogP contribution < -0.4 is 5.32 Å². The minimum atomic E-state index is 0.460. The van der Waals surface area contributed by atoms with Crippen molar-refractivity contribution in [3.8, 4) is 0 Å². The molecule has 0 aromatic heterocycles. The second-order valence-electron chi connectivity index (χ2n) is 7.12. The Morgan fingerprint density at radius 2 is 1.85 bits per heavy atom. The molecular weight excluding hydrogens is 244 g/mol. The van der Waals surface area contributed by atoms with Gasteiger partial charge in [0.25, 0.3) is 0 Å².